The molecule has 0 aliphatic heterocycles. The molecule has 1 aromatic heterocycles. The molecule has 1 amide bonds. The lowest BCUT2D eigenvalue weighted by Gasteiger charge is -2.18. The van der Waals surface area contributed by atoms with Crippen LogP contribution in [0.2, 0.25) is 0 Å². The van der Waals surface area contributed by atoms with Crippen LogP contribution in [0.3, 0.4) is 0 Å². The summed E-state index contributed by atoms with van der Waals surface area (Å²) in [5.74, 6) is -0.611. The number of carbonyl (C=O) groups is 2. The van der Waals surface area contributed by atoms with Gasteiger partial charge in [-0.15, -0.1) is 0 Å². The smallest absolute Gasteiger partial charge is 0.339 e. The highest BCUT2D eigenvalue weighted by Crippen LogP contribution is 2.22. The number of ether oxygens (including phenoxy) is 1. The molecule has 23 heavy (non-hydrogen) atoms. The van der Waals surface area contributed by atoms with E-state index in [-0.39, 0.29) is 5.91 Å². The molecule has 0 fully saturated rings. The third-order valence-corrected chi connectivity index (χ3v) is 4.53. The molecule has 122 valence electrons. The molecular weight excluding hydrogens is 360 g/mol. The molecule has 1 heterocycles. The number of methoxy groups -OCH3 is 1. The van der Waals surface area contributed by atoms with Crippen molar-refractivity contribution >= 4 is 27.8 Å². The molecule has 0 aliphatic rings. The lowest BCUT2D eigenvalue weighted by molar-refractivity contribution is 0.0599. The van der Waals surface area contributed by atoms with Gasteiger partial charge in [0.1, 0.15) is 5.69 Å². The molecule has 0 aliphatic carbocycles. The second kappa shape index (κ2) is 7.00. The second-order valence-electron chi connectivity index (χ2n) is 5.37. The van der Waals surface area contributed by atoms with E-state index in [1.807, 2.05) is 24.3 Å². The van der Waals surface area contributed by atoms with Gasteiger partial charge in [-0.05, 0) is 31.0 Å². The number of aryl methyl sites for hydroxylation is 1. The van der Waals surface area contributed by atoms with Crippen LogP contribution in [0.5, 0.6) is 0 Å². The van der Waals surface area contributed by atoms with Gasteiger partial charge in [0.25, 0.3) is 5.91 Å². The first kappa shape index (κ1) is 17.3. The summed E-state index contributed by atoms with van der Waals surface area (Å²) in [6, 6.07) is 7.75. The molecule has 0 bridgehead atoms. The van der Waals surface area contributed by atoms with Crippen molar-refractivity contribution in [3.8, 4) is 0 Å². The van der Waals surface area contributed by atoms with E-state index in [0.717, 1.165) is 10.0 Å². The Kier molecular flexibility index (Phi) is 5.26. The van der Waals surface area contributed by atoms with Crippen LogP contribution in [0, 0.1) is 13.8 Å². The van der Waals surface area contributed by atoms with Crippen LogP contribution in [0.25, 0.3) is 0 Å². The first-order valence-corrected chi connectivity index (χ1v) is 7.92. The number of nitrogens with one attached hydrogen (secondary N) is 1. The minimum atomic E-state index is -0.441. The first-order chi connectivity index (χ1) is 10.9. The Balaban J connectivity index is 2.27. The lowest BCUT2D eigenvalue weighted by atomic mass is 10.1. The fraction of sp³-hybridized carbons (Fsp3) is 0.294. The molecule has 0 saturated heterocycles. The zero-order valence-corrected chi connectivity index (χ0v) is 15.2. The van der Waals surface area contributed by atoms with Crippen molar-refractivity contribution < 1.29 is 14.3 Å². The number of aromatic nitrogens is 1. The summed E-state index contributed by atoms with van der Waals surface area (Å²) in [4.78, 5) is 29.1. The van der Waals surface area contributed by atoms with Crippen molar-refractivity contribution in [1.82, 2.24) is 9.88 Å². The molecule has 0 radical (unpaired) electrons. The molecule has 0 unspecified atom stereocenters. The van der Waals surface area contributed by atoms with Crippen molar-refractivity contribution in [2.45, 2.75) is 20.4 Å². The minimum absolute atomic E-state index is 0.170. The van der Waals surface area contributed by atoms with Gasteiger partial charge in [0.2, 0.25) is 0 Å². The summed E-state index contributed by atoms with van der Waals surface area (Å²) in [5.41, 5.74) is 3.09. The molecule has 1 aromatic carbocycles. The van der Waals surface area contributed by atoms with E-state index in [0.29, 0.717) is 29.1 Å². The van der Waals surface area contributed by atoms with Crippen LogP contribution < -0.4 is 0 Å². The van der Waals surface area contributed by atoms with Crippen LogP contribution in [0.15, 0.2) is 28.7 Å². The zero-order chi connectivity index (χ0) is 17.1. The molecule has 2 rings (SSSR count). The van der Waals surface area contributed by atoms with E-state index in [1.54, 1.807) is 25.8 Å². The molecule has 5 nitrogen and oxygen atoms in total. The SMILES string of the molecule is COC(=O)c1c(C)[nH]c(C(=O)N(C)Cc2ccccc2Br)c1C. The summed E-state index contributed by atoms with van der Waals surface area (Å²) in [6.07, 6.45) is 0. The highest BCUT2D eigenvalue weighted by atomic mass is 79.9. The Morgan fingerprint density at radius 3 is 2.52 bits per heavy atom. The summed E-state index contributed by atoms with van der Waals surface area (Å²) in [7, 11) is 3.06. The normalized spacial score (nSPS) is 10.5. The van der Waals surface area contributed by atoms with Gasteiger partial charge in [0.05, 0.1) is 12.7 Å². The standard InChI is InChI=1S/C17H19BrN2O3/c1-10-14(17(22)23-4)11(2)19-15(10)16(21)20(3)9-12-7-5-6-8-13(12)18/h5-8,19H,9H2,1-4H3. The van der Waals surface area contributed by atoms with Gasteiger partial charge in [0, 0.05) is 23.8 Å². The monoisotopic (exact) mass is 378 g/mol. The van der Waals surface area contributed by atoms with E-state index in [2.05, 4.69) is 20.9 Å². The average molecular weight is 379 g/mol. The van der Waals surface area contributed by atoms with E-state index in [4.69, 9.17) is 4.74 Å². The summed E-state index contributed by atoms with van der Waals surface area (Å²) in [5, 5.41) is 0. The van der Waals surface area contributed by atoms with Crippen molar-refractivity contribution in [3.63, 3.8) is 0 Å². The van der Waals surface area contributed by atoms with Crippen molar-refractivity contribution in [2.24, 2.45) is 0 Å². The van der Waals surface area contributed by atoms with Crippen LogP contribution in [0.4, 0.5) is 0 Å². The number of H-pyrrole nitrogens is 1. The molecule has 1 N–H and O–H groups in total. The van der Waals surface area contributed by atoms with Crippen molar-refractivity contribution in [2.75, 3.05) is 14.2 Å². The predicted octanol–water partition coefficient (Wildman–Crippen LogP) is 3.45. The summed E-state index contributed by atoms with van der Waals surface area (Å²) >= 11 is 3.48. The maximum Gasteiger partial charge on any atom is 0.339 e. The Morgan fingerprint density at radius 1 is 1.26 bits per heavy atom. The maximum atomic E-state index is 12.7. The van der Waals surface area contributed by atoms with Crippen LogP contribution in [-0.2, 0) is 11.3 Å². The van der Waals surface area contributed by atoms with E-state index in [1.165, 1.54) is 7.11 Å². The number of amides is 1. The first-order valence-electron chi connectivity index (χ1n) is 7.13. The highest BCUT2D eigenvalue weighted by Gasteiger charge is 2.24. The number of rotatable bonds is 4. The number of benzene rings is 1. The zero-order valence-electron chi connectivity index (χ0n) is 13.6. The van der Waals surface area contributed by atoms with Gasteiger partial charge >= 0.3 is 5.97 Å². The van der Waals surface area contributed by atoms with Gasteiger partial charge in [0.15, 0.2) is 0 Å². The molecule has 2 aromatic rings. The van der Waals surface area contributed by atoms with Crippen LogP contribution >= 0.6 is 15.9 Å². The maximum absolute atomic E-state index is 12.7. The van der Waals surface area contributed by atoms with Crippen LogP contribution in [0.1, 0.15) is 37.7 Å². The van der Waals surface area contributed by atoms with E-state index < -0.39 is 5.97 Å². The lowest BCUT2D eigenvalue weighted by Crippen LogP contribution is -2.27. The third kappa shape index (κ3) is 3.47. The van der Waals surface area contributed by atoms with Gasteiger partial charge < -0.3 is 14.6 Å². The Bertz CT molecular complexity index is 752. The Hall–Kier alpha value is -2.08. The fourth-order valence-corrected chi connectivity index (χ4v) is 2.93. The minimum Gasteiger partial charge on any atom is -0.465 e. The van der Waals surface area contributed by atoms with E-state index >= 15 is 0 Å². The van der Waals surface area contributed by atoms with Gasteiger partial charge in [-0.25, -0.2) is 4.79 Å². The summed E-state index contributed by atoms with van der Waals surface area (Å²) < 4.78 is 5.73. The largest absolute Gasteiger partial charge is 0.465 e. The summed E-state index contributed by atoms with van der Waals surface area (Å²) in [6.45, 7) is 3.96. The Morgan fingerprint density at radius 2 is 1.91 bits per heavy atom. The number of aromatic amines is 1. The van der Waals surface area contributed by atoms with Gasteiger partial charge in [-0.3, -0.25) is 4.79 Å². The molecule has 6 heteroatoms. The number of halogens is 1. The fourth-order valence-electron chi connectivity index (χ4n) is 2.52. The third-order valence-electron chi connectivity index (χ3n) is 3.75. The van der Waals surface area contributed by atoms with Gasteiger partial charge in [-0.1, -0.05) is 34.1 Å². The molecule has 0 atom stereocenters. The van der Waals surface area contributed by atoms with E-state index in [9.17, 15) is 9.59 Å². The number of carbonyl (C=O) groups excluding carboxylic acids is 2. The molecule has 0 saturated carbocycles. The number of nitrogens with zero attached hydrogens (tertiary/aromatic N) is 1. The van der Waals surface area contributed by atoms with Crippen molar-refractivity contribution in [3.05, 3.63) is 56.8 Å². The highest BCUT2D eigenvalue weighted by molar-refractivity contribution is 9.10. The number of esters is 1. The number of hydrogen-bond donors (Lipinski definition) is 1. The second-order valence-corrected chi connectivity index (χ2v) is 6.22. The predicted molar refractivity (Wildman–Crippen MR) is 91.5 cm³/mol. The molecule has 0 spiro atoms. The van der Waals surface area contributed by atoms with Gasteiger partial charge in [-0.2, -0.15) is 0 Å². The number of hydrogen-bond acceptors (Lipinski definition) is 3. The van der Waals surface area contributed by atoms with Crippen LogP contribution in [-0.4, -0.2) is 35.9 Å². The average Bonchev–Trinajstić information content (AvgIpc) is 2.82. The quantitative estimate of drug-likeness (QED) is 0.828. The van der Waals surface area contributed by atoms with Crippen molar-refractivity contribution in [1.29, 1.82) is 0 Å². The molecular formula is C17H19BrN2O3. The Labute approximate surface area is 143 Å². The topological polar surface area (TPSA) is 62.4 Å².